The number of carbonyl (C=O) groups excluding carboxylic acids is 1. The summed E-state index contributed by atoms with van der Waals surface area (Å²) in [4.78, 5) is 14.0. The van der Waals surface area contributed by atoms with Gasteiger partial charge in [0.05, 0.1) is 18.0 Å². The van der Waals surface area contributed by atoms with Crippen LogP contribution in [0, 0.1) is 5.92 Å². The second kappa shape index (κ2) is 6.93. The van der Waals surface area contributed by atoms with Crippen molar-refractivity contribution in [3.05, 3.63) is 12.4 Å². The third-order valence-corrected chi connectivity index (χ3v) is 3.48. The van der Waals surface area contributed by atoms with Crippen LogP contribution < -0.4 is 5.32 Å². The largest absolute Gasteiger partial charge is 0.376 e. The molecule has 6 nitrogen and oxygen atoms in total. The van der Waals surface area contributed by atoms with Gasteiger partial charge in [0.1, 0.15) is 0 Å². The summed E-state index contributed by atoms with van der Waals surface area (Å²) in [6, 6.07) is 0.213. The molecule has 0 radical (unpaired) electrons. The Hall–Kier alpha value is -1.56. The van der Waals surface area contributed by atoms with E-state index in [2.05, 4.69) is 38.1 Å². The number of anilines is 1. The fourth-order valence-corrected chi connectivity index (χ4v) is 2.26. The van der Waals surface area contributed by atoms with Crippen LogP contribution in [0.3, 0.4) is 0 Å². The van der Waals surface area contributed by atoms with Gasteiger partial charge in [0.2, 0.25) is 0 Å². The number of aromatic nitrogens is 2. The Morgan fingerprint density at radius 3 is 2.86 bits per heavy atom. The minimum atomic E-state index is -0.0750. The first-order valence-electron chi connectivity index (χ1n) is 7.67. The van der Waals surface area contributed by atoms with Crippen LogP contribution >= 0.6 is 0 Å². The summed E-state index contributed by atoms with van der Waals surface area (Å²) >= 11 is 0. The van der Waals surface area contributed by atoms with Gasteiger partial charge in [-0.05, 0) is 26.2 Å². The average Bonchev–Trinajstić information content (AvgIpc) is 3.04. The summed E-state index contributed by atoms with van der Waals surface area (Å²) in [6.07, 6.45) is 4.61. The summed E-state index contributed by atoms with van der Waals surface area (Å²) in [5.74, 6) is 0.523. The molecule has 0 saturated carbocycles. The lowest BCUT2D eigenvalue weighted by molar-refractivity contribution is 0.0440. The van der Waals surface area contributed by atoms with Gasteiger partial charge in [0.25, 0.3) is 0 Å². The molecular weight excluding hydrogens is 268 g/mol. The summed E-state index contributed by atoms with van der Waals surface area (Å²) in [6.45, 7) is 10.5. The molecule has 1 atom stereocenters. The lowest BCUT2D eigenvalue weighted by atomic mass is 10.2. The Kier molecular flexibility index (Phi) is 5.22. The highest BCUT2D eigenvalue weighted by Gasteiger charge is 2.27. The molecule has 2 amide bonds. The molecule has 2 rings (SSSR count). The van der Waals surface area contributed by atoms with Gasteiger partial charge in [-0.15, -0.1) is 0 Å². The number of hydrogen-bond acceptors (Lipinski definition) is 3. The zero-order chi connectivity index (χ0) is 15.4. The number of carbonyl (C=O) groups is 1. The molecule has 0 aliphatic carbocycles. The standard InChI is InChI=1S/C15H26N4O2/c1-11(2)10-21-14-5-6-18(9-14)15(20)17-13-7-16-19(8-13)12(3)4/h7-8,11-12,14H,5-6,9-10H2,1-4H3,(H,17,20)/t14-/m0/s1. The molecule has 1 N–H and O–H groups in total. The van der Waals surface area contributed by atoms with E-state index in [0.717, 1.165) is 25.3 Å². The lowest BCUT2D eigenvalue weighted by Crippen LogP contribution is -2.34. The summed E-state index contributed by atoms with van der Waals surface area (Å²) < 4.78 is 7.62. The van der Waals surface area contributed by atoms with Crippen molar-refractivity contribution in [3.63, 3.8) is 0 Å². The monoisotopic (exact) mass is 294 g/mol. The van der Waals surface area contributed by atoms with Crippen molar-refractivity contribution in [2.45, 2.75) is 46.3 Å². The van der Waals surface area contributed by atoms with Gasteiger partial charge in [-0.2, -0.15) is 5.10 Å². The van der Waals surface area contributed by atoms with Crippen LogP contribution in [-0.4, -0.2) is 46.5 Å². The maximum absolute atomic E-state index is 12.2. The second-order valence-corrected chi connectivity index (χ2v) is 6.32. The smallest absolute Gasteiger partial charge is 0.322 e. The van der Waals surface area contributed by atoms with E-state index < -0.39 is 0 Å². The van der Waals surface area contributed by atoms with Gasteiger partial charge in [-0.1, -0.05) is 13.8 Å². The van der Waals surface area contributed by atoms with Gasteiger partial charge in [-0.3, -0.25) is 4.68 Å². The quantitative estimate of drug-likeness (QED) is 0.908. The maximum Gasteiger partial charge on any atom is 0.322 e. The van der Waals surface area contributed by atoms with E-state index >= 15 is 0 Å². The van der Waals surface area contributed by atoms with Crippen LogP contribution in [0.2, 0.25) is 0 Å². The molecule has 1 aliphatic rings. The van der Waals surface area contributed by atoms with Crippen molar-refractivity contribution >= 4 is 11.7 Å². The normalized spacial score (nSPS) is 18.8. The zero-order valence-electron chi connectivity index (χ0n) is 13.4. The van der Waals surface area contributed by atoms with E-state index in [-0.39, 0.29) is 18.2 Å². The van der Waals surface area contributed by atoms with Crippen molar-refractivity contribution in [1.29, 1.82) is 0 Å². The van der Waals surface area contributed by atoms with Crippen LogP contribution in [0.4, 0.5) is 10.5 Å². The van der Waals surface area contributed by atoms with Crippen molar-refractivity contribution in [2.75, 3.05) is 25.0 Å². The van der Waals surface area contributed by atoms with Crippen molar-refractivity contribution < 1.29 is 9.53 Å². The number of amides is 2. The molecule has 1 aliphatic heterocycles. The molecule has 118 valence electrons. The Morgan fingerprint density at radius 2 is 2.24 bits per heavy atom. The Balaban J connectivity index is 1.81. The Labute approximate surface area is 126 Å². The summed E-state index contributed by atoms with van der Waals surface area (Å²) in [5.41, 5.74) is 0.736. The predicted octanol–water partition coefficient (Wildman–Crippen LogP) is 2.74. The first-order valence-corrected chi connectivity index (χ1v) is 7.67. The number of rotatable bonds is 5. The van der Waals surface area contributed by atoms with E-state index in [4.69, 9.17) is 4.74 Å². The fourth-order valence-electron chi connectivity index (χ4n) is 2.26. The highest BCUT2D eigenvalue weighted by Crippen LogP contribution is 2.16. The van der Waals surface area contributed by atoms with Gasteiger partial charge in [-0.25, -0.2) is 4.79 Å². The third kappa shape index (κ3) is 4.46. The molecule has 1 saturated heterocycles. The van der Waals surface area contributed by atoms with E-state index in [1.165, 1.54) is 0 Å². The van der Waals surface area contributed by atoms with Crippen LogP contribution in [-0.2, 0) is 4.74 Å². The minimum absolute atomic E-state index is 0.0750. The minimum Gasteiger partial charge on any atom is -0.376 e. The molecule has 21 heavy (non-hydrogen) atoms. The SMILES string of the molecule is CC(C)CO[C@H]1CCN(C(=O)Nc2cnn(C(C)C)c2)C1. The molecule has 1 aromatic heterocycles. The lowest BCUT2D eigenvalue weighted by Gasteiger charge is -2.17. The first-order chi connectivity index (χ1) is 9.95. The maximum atomic E-state index is 12.2. The molecule has 2 heterocycles. The zero-order valence-corrected chi connectivity index (χ0v) is 13.4. The third-order valence-electron chi connectivity index (χ3n) is 3.48. The topological polar surface area (TPSA) is 59.4 Å². The molecule has 6 heteroatoms. The Morgan fingerprint density at radius 1 is 1.48 bits per heavy atom. The van der Waals surface area contributed by atoms with Crippen molar-refractivity contribution in [2.24, 2.45) is 5.92 Å². The molecule has 0 spiro atoms. The van der Waals surface area contributed by atoms with Crippen LogP contribution in [0.1, 0.15) is 40.2 Å². The Bertz CT molecular complexity index is 470. The molecule has 0 unspecified atom stereocenters. The number of urea groups is 1. The molecule has 0 aromatic carbocycles. The number of nitrogens with zero attached hydrogens (tertiary/aromatic N) is 3. The van der Waals surface area contributed by atoms with E-state index in [9.17, 15) is 4.79 Å². The second-order valence-electron chi connectivity index (χ2n) is 6.32. The van der Waals surface area contributed by atoms with E-state index in [1.807, 2.05) is 10.9 Å². The summed E-state index contributed by atoms with van der Waals surface area (Å²) in [7, 11) is 0. The van der Waals surface area contributed by atoms with Gasteiger partial charge < -0.3 is 15.0 Å². The van der Waals surface area contributed by atoms with Crippen LogP contribution in [0.15, 0.2) is 12.4 Å². The first kappa shape index (κ1) is 15.8. The highest BCUT2D eigenvalue weighted by molar-refractivity contribution is 5.89. The van der Waals surface area contributed by atoms with Crippen LogP contribution in [0.25, 0.3) is 0 Å². The molecule has 0 bridgehead atoms. The number of ether oxygens (including phenoxy) is 1. The van der Waals surface area contributed by atoms with Gasteiger partial charge in [0.15, 0.2) is 0 Å². The number of nitrogens with one attached hydrogen (secondary N) is 1. The highest BCUT2D eigenvalue weighted by atomic mass is 16.5. The van der Waals surface area contributed by atoms with Crippen molar-refractivity contribution in [1.82, 2.24) is 14.7 Å². The summed E-state index contributed by atoms with van der Waals surface area (Å²) in [5, 5.41) is 7.11. The molecule has 1 aromatic rings. The predicted molar refractivity (Wildman–Crippen MR) is 82.4 cm³/mol. The van der Waals surface area contributed by atoms with E-state index in [1.54, 1.807) is 11.1 Å². The van der Waals surface area contributed by atoms with Gasteiger partial charge in [0, 0.05) is 31.9 Å². The molecule has 1 fully saturated rings. The van der Waals surface area contributed by atoms with Gasteiger partial charge >= 0.3 is 6.03 Å². The number of likely N-dealkylation sites (tertiary alicyclic amines) is 1. The fraction of sp³-hybridized carbons (Fsp3) is 0.733. The average molecular weight is 294 g/mol. The molecular formula is C15H26N4O2. The number of hydrogen-bond donors (Lipinski definition) is 1. The van der Waals surface area contributed by atoms with Crippen molar-refractivity contribution in [3.8, 4) is 0 Å². The van der Waals surface area contributed by atoms with E-state index in [0.29, 0.717) is 12.5 Å². The van der Waals surface area contributed by atoms with Crippen LogP contribution in [0.5, 0.6) is 0 Å².